The highest BCUT2D eigenvalue weighted by molar-refractivity contribution is 9.10. The van der Waals surface area contributed by atoms with E-state index in [2.05, 4.69) is 21.2 Å². The van der Waals surface area contributed by atoms with Crippen molar-refractivity contribution in [3.05, 3.63) is 100 Å². The Balaban J connectivity index is 1.90. The molecule has 184 valence electrons. The van der Waals surface area contributed by atoms with Gasteiger partial charge < -0.3 is 15.0 Å². The first-order chi connectivity index (χ1) is 16.9. The van der Waals surface area contributed by atoms with Crippen LogP contribution in [0.5, 0.6) is 5.75 Å². The van der Waals surface area contributed by atoms with E-state index in [0.29, 0.717) is 12.2 Å². The fourth-order valence-electron chi connectivity index (χ4n) is 3.59. The Morgan fingerprint density at radius 2 is 1.69 bits per heavy atom. The van der Waals surface area contributed by atoms with E-state index in [1.807, 2.05) is 68.4 Å². The fraction of sp³-hybridized carbons (Fsp3) is 0.286. The number of amides is 2. The Labute approximate surface area is 214 Å². The summed E-state index contributed by atoms with van der Waals surface area (Å²) in [5.74, 6) is -0.557. The van der Waals surface area contributed by atoms with E-state index in [-0.39, 0.29) is 36.8 Å². The molecule has 0 saturated carbocycles. The van der Waals surface area contributed by atoms with Crippen LogP contribution in [0.15, 0.2) is 83.3 Å². The standard InChI is InChI=1S/C28H30BrFN2O3/c1-3-20(2)31-28(34)26(17-21-8-5-4-6-9-21)32(18-22-10-7-11-23(29)16-22)27(33)19-35-25-14-12-24(30)13-15-25/h4-16,20,26H,3,17-19H2,1-2H3,(H,31,34). The van der Waals surface area contributed by atoms with Crippen LogP contribution in [0.2, 0.25) is 0 Å². The van der Waals surface area contributed by atoms with Gasteiger partial charge in [-0.3, -0.25) is 9.59 Å². The predicted octanol–water partition coefficient (Wildman–Crippen LogP) is 5.52. The second-order valence-corrected chi connectivity index (χ2v) is 9.33. The Hall–Kier alpha value is -3.19. The van der Waals surface area contributed by atoms with Gasteiger partial charge in [0, 0.05) is 23.5 Å². The number of carbonyl (C=O) groups excluding carboxylic acids is 2. The van der Waals surface area contributed by atoms with E-state index in [0.717, 1.165) is 22.0 Å². The quantitative estimate of drug-likeness (QED) is 0.348. The molecule has 3 rings (SSSR count). The van der Waals surface area contributed by atoms with Crippen LogP contribution >= 0.6 is 15.9 Å². The molecule has 2 amide bonds. The van der Waals surface area contributed by atoms with Crippen molar-refractivity contribution in [2.24, 2.45) is 0 Å². The average molecular weight is 541 g/mol. The molecule has 0 aliphatic carbocycles. The zero-order chi connectivity index (χ0) is 25.2. The highest BCUT2D eigenvalue weighted by atomic mass is 79.9. The number of halogens is 2. The van der Waals surface area contributed by atoms with Crippen molar-refractivity contribution >= 4 is 27.7 Å². The van der Waals surface area contributed by atoms with Crippen molar-refractivity contribution in [1.29, 1.82) is 0 Å². The summed E-state index contributed by atoms with van der Waals surface area (Å²) >= 11 is 3.48. The van der Waals surface area contributed by atoms with Crippen LogP contribution in [0.4, 0.5) is 4.39 Å². The summed E-state index contributed by atoms with van der Waals surface area (Å²) in [6, 6.07) is 22.0. The lowest BCUT2D eigenvalue weighted by molar-refractivity contribution is -0.143. The summed E-state index contributed by atoms with van der Waals surface area (Å²) in [6.45, 7) is 3.89. The van der Waals surface area contributed by atoms with Gasteiger partial charge in [-0.05, 0) is 60.9 Å². The lowest BCUT2D eigenvalue weighted by Crippen LogP contribution is -2.53. The maximum Gasteiger partial charge on any atom is 0.261 e. The Bertz CT molecular complexity index is 1110. The molecule has 0 radical (unpaired) electrons. The molecule has 35 heavy (non-hydrogen) atoms. The van der Waals surface area contributed by atoms with E-state index in [1.54, 1.807) is 4.90 Å². The highest BCUT2D eigenvalue weighted by Gasteiger charge is 2.31. The van der Waals surface area contributed by atoms with E-state index < -0.39 is 6.04 Å². The van der Waals surface area contributed by atoms with Crippen molar-refractivity contribution in [2.45, 2.75) is 45.3 Å². The van der Waals surface area contributed by atoms with Crippen LogP contribution in [-0.2, 0) is 22.6 Å². The number of hydrogen-bond donors (Lipinski definition) is 1. The molecule has 0 aliphatic rings. The van der Waals surface area contributed by atoms with E-state index in [4.69, 9.17) is 4.74 Å². The molecule has 5 nitrogen and oxygen atoms in total. The van der Waals surface area contributed by atoms with Crippen molar-refractivity contribution in [1.82, 2.24) is 10.2 Å². The van der Waals surface area contributed by atoms with Gasteiger partial charge in [0.05, 0.1) is 0 Å². The van der Waals surface area contributed by atoms with E-state index in [9.17, 15) is 14.0 Å². The van der Waals surface area contributed by atoms with Crippen molar-refractivity contribution in [3.63, 3.8) is 0 Å². The molecule has 1 N–H and O–H groups in total. The van der Waals surface area contributed by atoms with Gasteiger partial charge in [0.15, 0.2) is 6.61 Å². The molecule has 0 saturated heterocycles. The zero-order valence-electron chi connectivity index (χ0n) is 19.9. The molecular weight excluding hydrogens is 511 g/mol. The summed E-state index contributed by atoms with van der Waals surface area (Å²) < 4.78 is 19.8. The zero-order valence-corrected chi connectivity index (χ0v) is 21.5. The number of ether oxygens (including phenoxy) is 1. The predicted molar refractivity (Wildman–Crippen MR) is 138 cm³/mol. The molecule has 0 aliphatic heterocycles. The van der Waals surface area contributed by atoms with Gasteiger partial charge in [-0.25, -0.2) is 4.39 Å². The SMILES string of the molecule is CCC(C)NC(=O)C(Cc1ccccc1)N(Cc1cccc(Br)c1)C(=O)COc1ccc(F)cc1. The lowest BCUT2D eigenvalue weighted by atomic mass is 10.0. The maximum absolute atomic E-state index is 13.5. The third-order valence-electron chi connectivity index (χ3n) is 5.69. The first kappa shape index (κ1) is 26.4. The number of nitrogens with zero attached hydrogens (tertiary/aromatic N) is 1. The van der Waals surface area contributed by atoms with Crippen LogP contribution in [0.1, 0.15) is 31.4 Å². The second kappa shape index (κ2) is 13.0. The van der Waals surface area contributed by atoms with Gasteiger partial charge in [-0.2, -0.15) is 0 Å². The third-order valence-corrected chi connectivity index (χ3v) is 6.18. The molecule has 0 bridgehead atoms. The highest BCUT2D eigenvalue weighted by Crippen LogP contribution is 2.19. The van der Waals surface area contributed by atoms with Crippen LogP contribution in [-0.4, -0.2) is 35.4 Å². The molecule has 0 fully saturated rings. The molecule has 3 aromatic rings. The smallest absolute Gasteiger partial charge is 0.261 e. The number of hydrogen-bond acceptors (Lipinski definition) is 3. The van der Waals surface area contributed by atoms with Gasteiger partial charge >= 0.3 is 0 Å². The third kappa shape index (κ3) is 8.21. The molecule has 2 unspecified atom stereocenters. The van der Waals surface area contributed by atoms with Gasteiger partial charge in [0.1, 0.15) is 17.6 Å². The normalized spacial score (nSPS) is 12.5. The minimum absolute atomic E-state index is 0.0286. The monoisotopic (exact) mass is 540 g/mol. The van der Waals surface area contributed by atoms with Crippen molar-refractivity contribution in [2.75, 3.05) is 6.61 Å². The number of rotatable bonds is 11. The van der Waals surface area contributed by atoms with Gasteiger partial charge in [-0.1, -0.05) is 65.3 Å². The molecule has 7 heteroatoms. The van der Waals surface area contributed by atoms with Crippen LogP contribution in [0, 0.1) is 5.82 Å². The molecular formula is C28H30BrFN2O3. The summed E-state index contributed by atoms with van der Waals surface area (Å²) in [5, 5.41) is 3.04. The van der Waals surface area contributed by atoms with E-state index >= 15 is 0 Å². The first-order valence-corrected chi connectivity index (χ1v) is 12.4. The Kier molecular flexibility index (Phi) is 9.85. The molecule has 0 spiro atoms. The fourth-order valence-corrected chi connectivity index (χ4v) is 4.03. The molecule has 2 atom stereocenters. The van der Waals surface area contributed by atoms with Crippen molar-refractivity contribution < 1.29 is 18.7 Å². The largest absolute Gasteiger partial charge is 0.484 e. The average Bonchev–Trinajstić information content (AvgIpc) is 2.86. The summed E-state index contributed by atoms with van der Waals surface area (Å²) in [4.78, 5) is 28.5. The maximum atomic E-state index is 13.5. The van der Waals surface area contributed by atoms with Gasteiger partial charge in [0.25, 0.3) is 5.91 Å². The molecule has 0 aromatic heterocycles. The first-order valence-electron chi connectivity index (χ1n) is 11.6. The lowest BCUT2D eigenvalue weighted by Gasteiger charge is -2.32. The van der Waals surface area contributed by atoms with Crippen LogP contribution < -0.4 is 10.1 Å². The van der Waals surface area contributed by atoms with Crippen LogP contribution in [0.25, 0.3) is 0 Å². The number of benzene rings is 3. The van der Waals surface area contributed by atoms with Crippen molar-refractivity contribution in [3.8, 4) is 5.75 Å². The van der Waals surface area contributed by atoms with E-state index in [1.165, 1.54) is 24.3 Å². The van der Waals surface area contributed by atoms with Crippen LogP contribution in [0.3, 0.4) is 0 Å². The topological polar surface area (TPSA) is 58.6 Å². The number of carbonyl (C=O) groups is 2. The summed E-state index contributed by atoms with van der Waals surface area (Å²) in [6.07, 6.45) is 1.14. The minimum atomic E-state index is -0.741. The van der Waals surface area contributed by atoms with Gasteiger partial charge in [0.2, 0.25) is 5.91 Å². The second-order valence-electron chi connectivity index (χ2n) is 8.42. The number of nitrogens with one attached hydrogen (secondary N) is 1. The summed E-state index contributed by atoms with van der Waals surface area (Å²) in [7, 11) is 0. The Morgan fingerprint density at radius 1 is 1.00 bits per heavy atom. The summed E-state index contributed by atoms with van der Waals surface area (Å²) in [5.41, 5.74) is 1.83. The Morgan fingerprint density at radius 3 is 2.34 bits per heavy atom. The van der Waals surface area contributed by atoms with Gasteiger partial charge in [-0.15, -0.1) is 0 Å². The minimum Gasteiger partial charge on any atom is -0.484 e. The molecule has 3 aromatic carbocycles. The molecule has 0 heterocycles.